The van der Waals surface area contributed by atoms with Crippen LogP contribution < -0.4 is 0 Å². The van der Waals surface area contributed by atoms with Crippen LogP contribution in [0.1, 0.15) is 27.2 Å². The van der Waals surface area contributed by atoms with E-state index in [0.29, 0.717) is 12.3 Å². The molecule has 13 heavy (non-hydrogen) atoms. The van der Waals surface area contributed by atoms with Gasteiger partial charge in [-0.2, -0.15) is 0 Å². The van der Waals surface area contributed by atoms with Crippen LogP contribution in [-0.2, 0) is 4.79 Å². The van der Waals surface area contributed by atoms with Gasteiger partial charge in [0.25, 0.3) is 0 Å². The van der Waals surface area contributed by atoms with Gasteiger partial charge in [0, 0.05) is 6.04 Å². The van der Waals surface area contributed by atoms with E-state index in [9.17, 15) is 4.79 Å². The Labute approximate surface area is 80.7 Å². The van der Waals surface area contributed by atoms with E-state index in [1.165, 1.54) is 0 Å². The molecule has 0 rings (SSSR count). The maximum atomic E-state index is 11.0. The maximum Gasteiger partial charge on any atom is 0.308 e. The predicted octanol–water partition coefficient (Wildman–Crippen LogP) is 1.68. The average molecular weight is 187 g/mol. The van der Waals surface area contributed by atoms with Gasteiger partial charge in [-0.15, -0.1) is 0 Å². The van der Waals surface area contributed by atoms with Crippen LogP contribution in [0.25, 0.3) is 0 Å². The molecule has 0 spiro atoms. The molecule has 3 heteroatoms. The minimum Gasteiger partial charge on any atom is -0.481 e. The predicted molar refractivity (Wildman–Crippen MR) is 53.7 cm³/mol. The fraction of sp³-hybridized carbons (Fsp3) is 0.900. The van der Waals surface area contributed by atoms with Gasteiger partial charge in [-0.25, -0.2) is 0 Å². The van der Waals surface area contributed by atoms with Gasteiger partial charge in [0.1, 0.15) is 0 Å². The van der Waals surface area contributed by atoms with E-state index in [2.05, 4.69) is 13.8 Å². The highest BCUT2D eigenvalue weighted by Crippen LogP contribution is 2.20. The molecule has 2 atom stereocenters. The van der Waals surface area contributed by atoms with Crippen molar-refractivity contribution in [3.63, 3.8) is 0 Å². The molecule has 0 radical (unpaired) electrons. The molecule has 0 amide bonds. The van der Waals surface area contributed by atoms with E-state index in [4.69, 9.17) is 5.11 Å². The zero-order valence-electron chi connectivity index (χ0n) is 9.24. The zero-order valence-corrected chi connectivity index (χ0v) is 9.24. The van der Waals surface area contributed by atoms with Gasteiger partial charge in [0.15, 0.2) is 0 Å². The average Bonchev–Trinajstić information content (AvgIpc) is 1.97. The second kappa shape index (κ2) is 5.22. The van der Waals surface area contributed by atoms with E-state index in [-0.39, 0.29) is 12.0 Å². The maximum absolute atomic E-state index is 11.0. The fourth-order valence-corrected chi connectivity index (χ4v) is 1.98. The third kappa shape index (κ3) is 3.35. The lowest BCUT2D eigenvalue weighted by Gasteiger charge is -2.32. The molecule has 1 N–H and O–H groups in total. The summed E-state index contributed by atoms with van der Waals surface area (Å²) in [4.78, 5) is 13.0. The molecule has 0 aromatic rings. The van der Waals surface area contributed by atoms with Gasteiger partial charge in [-0.3, -0.25) is 4.79 Å². The fourth-order valence-electron chi connectivity index (χ4n) is 1.98. The smallest absolute Gasteiger partial charge is 0.308 e. The van der Waals surface area contributed by atoms with Crippen LogP contribution in [0, 0.1) is 11.8 Å². The number of carboxylic acids is 1. The van der Waals surface area contributed by atoms with E-state index in [1.54, 1.807) is 0 Å². The summed E-state index contributed by atoms with van der Waals surface area (Å²) in [5.41, 5.74) is 0. The Morgan fingerprint density at radius 1 is 1.38 bits per heavy atom. The lowest BCUT2D eigenvalue weighted by atomic mass is 9.88. The largest absolute Gasteiger partial charge is 0.481 e. The molecular weight excluding hydrogens is 166 g/mol. The third-order valence-corrected chi connectivity index (χ3v) is 2.45. The summed E-state index contributed by atoms with van der Waals surface area (Å²) >= 11 is 0. The number of rotatable bonds is 5. The van der Waals surface area contributed by atoms with Gasteiger partial charge in [0.05, 0.1) is 5.92 Å². The molecule has 0 heterocycles. The summed E-state index contributed by atoms with van der Waals surface area (Å²) in [6.07, 6.45) is 0.691. The molecule has 0 bridgehead atoms. The van der Waals surface area contributed by atoms with E-state index < -0.39 is 5.97 Å². The lowest BCUT2D eigenvalue weighted by molar-refractivity contribution is -0.144. The zero-order chi connectivity index (χ0) is 10.6. The van der Waals surface area contributed by atoms with Crippen LogP contribution in [0.4, 0.5) is 0 Å². The van der Waals surface area contributed by atoms with Crippen LogP contribution in [-0.4, -0.2) is 36.1 Å². The van der Waals surface area contributed by atoms with Gasteiger partial charge in [-0.05, 0) is 26.4 Å². The molecule has 0 aromatic heterocycles. The Balaban J connectivity index is 4.59. The number of carboxylic acid groups (broad SMARTS) is 1. The van der Waals surface area contributed by atoms with Gasteiger partial charge in [0.2, 0.25) is 0 Å². The summed E-state index contributed by atoms with van der Waals surface area (Å²) in [6.45, 7) is 6.06. The van der Waals surface area contributed by atoms with Crippen molar-refractivity contribution in [3.05, 3.63) is 0 Å². The number of nitrogens with zero attached hydrogens (tertiary/aromatic N) is 1. The quantitative estimate of drug-likeness (QED) is 0.712. The van der Waals surface area contributed by atoms with Crippen molar-refractivity contribution in [1.82, 2.24) is 4.90 Å². The summed E-state index contributed by atoms with van der Waals surface area (Å²) < 4.78 is 0. The second-order valence-electron chi connectivity index (χ2n) is 4.05. The van der Waals surface area contributed by atoms with E-state index in [0.717, 1.165) is 0 Å². The van der Waals surface area contributed by atoms with Gasteiger partial charge < -0.3 is 10.0 Å². The Kier molecular flexibility index (Phi) is 4.99. The number of aliphatic carboxylic acids is 1. The molecule has 0 fully saturated rings. The first-order valence-corrected chi connectivity index (χ1v) is 4.81. The van der Waals surface area contributed by atoms with Crippen molar-refractivity contribution in [2.45, 2.75) is 33.2 Å². The molecule has 2 unspecified atom stereocenters. The molecule has 78 valence electrons. The minimum absolute atomic E-state index is 0.127. The monoisotopic (exact) mass is 187 g/mol. The third-order valence-electron chi connectivity index (χ3n) is 2.45. The van der Waals surface area contributed by atoms with Crippen LogP contribution in [0.2, 0.25) is 0 Å². The molecule has 3 nitrogen and oxygen atoms in total. The second-order valence-corrected chi connectivity index (χ2v) is 4.05. The Morgan fingerprint density at radius 2 is 1.85 bits per heavy atom. The van der Waals surface area contributed by atoms with Gasteiger partial charge in [-0.1, -0.05) is 20.8 Å². The first-order valence-electron chi connectivity index (χ1n) is 4.81. The molecule has 0 saturated carbocycles. The highest BCUT2D eigenvalue weighted by molar-refractivity contribution is 5.70. The van der Waals surface area contributed by atoms with Crippen molar-refractivity contribution in [2.75, 3.05) is 14.1 Å². The van der Waals surface area contributed by atoms with Crippen molar-refractivity contribution in [2.24, 2.45) is 11.8 Å². The standard InChI is InChI=1S/C10H21NO2/c1-6-8(10(12)13)9(7(2)3)11(4)5/h7-9H,6H2,1-5H3,(H,12,13). The van der Waals surface area contributed by atoms with E-state index in [1.807, 2.05) is 25.9 Å². The van der Waals surface area contributed by atoms with Crippen LogP contribution in [0.3, 0.4) is 0 Å². The summed E-state index contributed by atoms with van der Waals surface area (Å²) in [5.74, 6) is -0.569. The van der Waals surface area contributed by atoms with Gasteiger partial charge >= 0.3 is 5.97 Å². The number of hydrogen-bond acceptors (Lipinski definition) is 2. The summed E-state index contributed by atoms with van der Waals surface area (Å²) in [5, 5.41) is 9.01. The first-order chi connectivity index (χ1) is 5.91. The van der Waals surface area contributed by atoms with E-state index >= 15 is 0 Å². The normalized spacial score (nSPS) is 16.2. The Morgan fingerprint density at radius 3 is 1.92 bits per heavy atom. The molecular formula is C10H21NO2. The first kappa shape index (κ1) is 12.4. The highest BCUT2D eigenvalue weighted by atomic mass is 16.4. The van der Waals surface area contributed by atoms with Crippen LogP contribution in [0.15, 0.2) is 0 Å². The Hall–Kier alpha value is -0.570. The van der Waals surface area contributed by atoms with Crippen molar-refractivity contribution in [1.29, 1.82) is 0 Å². The summed E-state index contributed by atoms with van der Waals surface area (Å²) in [7, 11) is 3.88. The number of carbonyl (C=O) groups is 1. The van der Waals surface area contributed by atoms with Crippen LogP contribution >= 0.6 is 0 Å². The molecule has 0 aliphatic heterocycles. The SMILES string of the molecule is CCC(C(=O)O)C(C(C)C)N(C)C. The Bertz CT molecular complexity index is 158. The highest BCUT2D eigenvalue weighted by Gasteiger charge is 2.30. The van der Waals surface area contributed by atoms with Crippen molar-refractivity contribution < 1.29 is 9.90 Å². The number of hydrogen-bond donors (Lipinski definition) is 1. The lowest BCUT2D eigenvalue weighted by Crippen LogP contribution is -2.42. The van der Waals surface area contributed by atoms with Crippen molar-refractivity contribution in [3.8, 4) is 0 Å². The molecule has 0 saturated heterocycles. The van der Waals surface area contributed by atoms with Crippen LogP contribution in [0.5, 0.6) is 0 Å². The molecule has 0 aliphatic rings. The van der Waals surface area contributed by atoms with Crippen molar-refractivity contribution >= 4 is 5.97 Å². The topological polar surface area (TPSA) is 40.5 Å². The summed E-state index contributed by atoms with van der Waals surface area (Å²) in [6, 6.07) is 0.127. The molecule has 0 aliphatic carbocycles. The molecule has 0 aromatic carbocycles. The minimum atomic E-state index is -0.685.